The van der Waals surface area contributed by atoms with Crippen LogP contribution in [0.1, 0.15) is 64.7 Å². The molecule has 0 bridgehead atoms. The van der Waals surface area contributed by atoms with Gasteiger partial charge in [0.2, 0.25) is 0 Å². The van der Waals surface area contributed by atoms with Crippen molar-refractivity contribution in [2.75, 3.05) is 5.75 Å². The van der Waals surface area contributed by atoms with Crippen molar-refractivity contribution >= 4 is 17.7 Å². The van der Waals surface area contributed by atoms with Gasteiger partial charge in [-0.25, -0.2) is 0 Å². The summed E-state index contributed by atoms with van der Waals surface area (Å²) in [6.07, 6.45) is 12.0. The van der Waals surface area contributed by atoms with Crippen LogP contribution < -0.4 is 0 Å². The Morgan fingerprint density at radius 1 is 1.14 bits per heavy atom. The highest BCUT2D eigenvalue weighted by atomic mass is 32.2. The first-order valence-corrected chi connectivity index (χ1v) is 8.86. The monoisotopic (exact) mass is 314 g/mol. The second-order valence-electron chi connectivity index (χ2n) is 5.34. The minimum Gasteiger partial charge on any atom is -0.481 e. The summed E-state index contributed by atoms with van der Waals surface area (Å²) < 4.78 is 0. The summed E-state index contributed by atoms with van der Waals surface area (Å²) in [6, 6.07) is 0. The van der Waals surface area contributed by atoms with Gasteiger partial charge in [-0.05, 0) is 42.9 Å². The van der Waals surface area contributed by atoms with Gasteiger partial charge in [-0.15, -0.1) is 18.3 Å². The lowest BCUT2D eigenvalue weighted by atomic mass is 10.1. The smallest absolute Gasteiger partial charge is 0.303 e. The van der Waals surface area contributed by atoms with E-state index in [-0.39, 0.29) is 0 Å². The molecule has 4 heteroatoms. The van der Waals surface area contributed by atoms with Gasteiger partial charge in [0.1, 0.15) is 0 Å². The summed E-state index contributed by atoms with van der Waals surface area (Å²) in [5, 5.41) is 18.1. The lowest BCUT2D eigenvalue weighted by Crippen LogP contribution is -2.00. The highest BCUT2D eigenvalue weighted by molar-refractivity contribution is 8.03. The number of hydrogen-bond donors (Lipinski definition) is 2. The molecule has 1 atom stereocenters. The molecule has 0 heterocycles. The van der Waals surface area contributed by atoms with Crippen LogP contribution in [0.3, 0.4) is 0 Å². The van der Waals surface area contributed by atoms with E-state index in [0.29, 0.717) is 12.8 Å². The van der Waals surface area contributed by atoms with Crippen molar-refractivity contribution < 1.29 is 15.0 Å². The second kappa shape index (κ2) is 14.2. The molecule has 0 spiro atoms. The number of carbonyl (C=O) groups is 1. The minimum absolute atomic E-state index is 0.306. The van der Waals surface area contributed by atoms with Crippen molar-refractivity contribution in [1.82, 2.24) is 0 Å². The van der Waals surface area contributed by atoms with Crippen LogP contribution in [0.5, 0.6) is 0 Å². The highest BCUT2D eigenvalue weighted by Crippen LogP contribution is 2.19. The van der Waals surface area contributed by atoms with Crippen molar-refractivity contribution in [3.8, 4) is 0 Å². The SMILES string of the molecule is C=CCC(O)/C=C(\C)SCCCCCCCCCC(=O)O. The Labute approximate surface area is 133 Å². The van der Waals surface area contributed by atoms with Gasteiger partial charge in [-0.1, -0.05) is 38.2 Å². The van der Waals surface area contributed by atoms with Gasteiger partial charge in [0.15, 0.2) is 0 Å². The van der Waals surface area contributed by atoms with Crippen LogP contribution in [0.25, 0.3) is 0 Å². The standard InChI is InChI=1S/C17H30O3S/c1-3-11-16(18)14-15(2)21-13-10-8-6-4-5-7-9-12-17(19)20/h3,14,16,18H,1,4-13H2,2H3,(H,19,20)/b15-14+. The lowest BCUT2D eigenvalue weighted by molar-refractivity contribution is -0.137. The number of aliphatic carboxylic acids is 1. The molecular weight excluding hydrogens is 284 g/mol. The molecule has 0 aromatic carbocycles. The summed E-state index contributed by atoms with van der Waals surface area (Å²) in [5.41, 5.74) is 0. The first-order chi connectivity index (χ1) is 10.1. The third-order valence-electron chi connectivity index (χ3n) is 3.20. The van der Waals surface area contributed by atoms with Crippen LogP contribution in [-0.2, 0) is 4.79 Å². The maximum absolute atomic E-state index is 10.3. The molecule has 0 aromatic rings. The Morgan fingerprint density at radius 3 is 2.29 bits per heavy atom. The number of thioether (sulfide) groups is 1. The number of carboxylic acid groups (broad SMARTS) is 1. The Balaban J connectivity index is 3.35. The fraction of sp³-hybridized carbons (Fsp3) is 0.706. The predicted octanol–water partition coefficient (Wildman–Crippen LogP) is 4.77. The number of carboxylic acids is 1. The molecule has 0 saturated carbocycles. The topological polar surface area (TPSA) is 57.5 Å². The molecule has 0 aliphatic carbocycles. The van der Waals surface area contributed by atoms with E-state index in [1.165, 1.54) is 30.6 Å². The number of rotatable bonds is 14. The van der Waals surface area contributed by atoms with Crippen molar-refractivity contribution in [3.05, 3.63) is 23.6 Å². The van der Waals surface area contributed by atoms with Gasteiger partial charge in [0.05, 0.1) is 6.10 Å². The number of aliphatic hydroxyl groups is 1. The zero-order valence-electron chi connectivity index (χ0n) is 13.2. The highest BCUT2D eigenvalue weighted by Gasteiger charge is 1.99. The van der Waals surface area contributed by atoms with Crippen LogP contribution >= 0.6 is 11.8 Å². The molecule has 21 heavy (non-hydrogen) atoms. The maximum Gasteiger partial charge on any atom is 0.303 e. The van der Waals surface area contributed by atoms with Gasteiger partial charge < -0.3 is 10.2 Å². The second-order valence-corrected chi connectivity index (χ2v) is 6.68. The quantitative estimate of drug-likeness (QED) is 0.358. The van der Waals surface area contributed by atoms with Gasteiger partial charge >= 0.3 is 5.97 Å². The van der Waals surface area contributed by atoms with E-state index in [9.17, 15) is 9.90 Å². The predicted molar refractivity (Wildman–Crippen MR) is 91.6 cm³/mol. The molecule has 3 nitrogen and oxygen atoms in total. The molecule has 0 amide bonds. The number of allylic oxidation sites excluding steroid dienone is 1. The average molecular weight is 314 g/mol. The minimum atomic E-state index is -0.686. The van der Waals surface area contributed by atoms with Crippen molar-refractivity contribution in [1.29, 1.82) is 0 Å². The zero-order valence-corrected chi connectivity index (χ0v) is 14.0. The van der Waals surface area contributed by atoms with Gasteiger partial charge in [0, 0.05) is 6.42 Å². The Morgan fingerprint density at radius 2 is 1.71 bits per heavy atom. The summed E-state index contributed by atoms with van der Waals surface area (Å²) in [6.45, 7) is 5.66. The molecule has 0 aliphatic rings. The largest absolute Gasteiger partial charge is 0.481 e. The van der Waals surface area contributed by atoms with Crippen LogP contribution in [0.4, 0.5) is 0 Å². The van der Waals surface area contributed by atoms with Crippen LogP contribution in [0.15, 0.2) is 23.6 Å². The molecule has 2 N–H and O–H groups in total. The Kier molecular flexibility index (Phi) is 13.7. The average Bonchev–Trinajstić information content (AvgIpc) is 2.40. The molecule has 0 saturated heterocycles. The Hall–Kier alpha value is -0.740. The van der Waals surface area contributed by atoms with Crippen LogP contribution in [-0.4, -0.2) is 28.0 Å². The van der Waals surface area contributed by atoms with Crippen molar-refractivity contribution in [3.63, 3.8) is 0 Å². The summed E-state index contributed by atoms with van der Waals surface area (Å²) in [7, 11) is 0. The van der Waals surface area contributed by atoms with Crippen molar-refractivity contribution in [2.24, 2.45) is 0 Å². The Bertz CT molecular complexity index is 313. The van der Waals surface area contributed by atoms with E-state index < -0.39 is 12.1 Å². The molecule has 0 aliphatic heterocycles. The van der Waals surface area contributed by atoms with Crippen LogP contribution in [0, 0.1) is 0 Å². The van der Waals surface area contributed by atoms with E-state index in [2.05, 4.69) is 6.58 Å². The van der Waals surface area contributed by atoms with Gasteiger partial charge in [0.25, 0.3) is 0 Å². The van der Waals surface area contributed by atoms with Gasteiger partial charge in [-0.3, -0.25) is 4.79 Å². The summed E-state index contributed by atoms with van der Waals surface area (Å²) in [5.74, 6) is 0.413. The van der Waals surface area contributed by atoms with Crippen molar-refractivity contribution in [2.45, 2.75) is 70.8 Å². The molecule has 0 aromatic heterocycles. The molecular formula is C17H30O3S. The summed E-state index contributed by atoms with van der Waals surface area (Å²) in [4.78, 5) is 11.5. The molecule has 0 rings (SSSR count). The number of unbranched alkanes of at least 4 members (excludes halogenated alkanes) is 6. The number of aliphatic hydroxyl groups excluding tert-OH is 1. The lowest BCUT2D eigenvalue weighted by Gasteiger charge is -2.05. The van der Waals surface area contributed by atoms with Gasteiger partial charge in [-0.2, -0.15) is 0 Å². The molecule has 0 radical (unpaired) electrons. The normalized spacial score (nSPS) is 13.1. The molecule has 0 fully saturated rings. The van der Waals surface area contributed by atoms with E-state index >= 15 is 0 Å². The number of hydrogen-bond acceptors (Lipinski definition) is 3. The fourth-order valence-corrected chi connectivity index (χ4v) is 2.98. The van der Waals surface area contributed by atoms with Crippen LogP contribution in [0.2, 0.25) is 0 Å². The summed E-state index contributed by atoms with van der Waals surface area (Å²) >= 11 is 1.81. The molecule has 122 valence electrons. The fourth-order valence-electron chi connectivity index (χ4n) is 2.05. The van der Waals surface area contributed by atoms with E-state index in [4.69, 9.17) is 5.11 Å². The van der Waals surface area contributed by atoms with E-state index in [1.54, 1.807) is 6.08 Å². The zero-order chi connectivity index (χ0) is 15.9. The maximum atomic E-state index is 10.3. The first-order valence-electron chi connectivity index (χ1n) is 7.88. The molecule has 1 unspecified atom stereocenters. The van der Waals surface area contributed by atoms with E-state index in [0.717, 1.165) is 25.0 Å². The third-order valence-corrected chi connectivity index (χ3v) is 4.28. The first kappa shape index (κ1) is 20.3. The van der Waals surface area contributed by atoms with E-state index in [1.807, 2.05) is 24.8 Å². The third kappa shape index (κ3) is 15.5.